The summed E-state index contributed by atoms with van der Waals surface area (Å²) in [4.78, 5) is 26.3. The molecule has 0 spiro atoms. The van der Waals surface area contributed by atoms with Crippen molar-refractivity contribution in [2.75, 3.05) is 27.7 Å². The van der Waals surface area contributed by atoms with E-state index >= 15 is 0 Å². The molecule has 0 fully saturated rings. The molecule has 0 aromatic heterocycles. The summed E-state index contributed by atoms with van der Waals surface area (Å²) < 4.78 is 25.4. The van der Waals surface area contributed by atoms with E-state index in [-0.39, 0.29) is 18.4 Å². The second-order valence-electron chi connectivity index (χ2n) is 5.81. The first kappa shape index (κ1) is 17.0. The number of sulfonamides is 1. The number of nitrogens with zero attached hydrogens (tertiary/aromatic N) is 1. The second-order valence-corrected chi connectivity index (χ2v) is 7.56. The summed E-state index contributed by atoms with van der Waals surface area (Å²) in [5, 5.41) is 2.73. The van der Waals surface area contributed by atoms with Gasteiger partial charge in [0.2, 0.25) is 15.9 Å². The van der Waals surface area contributed by atoms with Gasteiger partial charge in [0.1, 0.15) is 6.54 Å². The predicted molar refractivity (Wildman–Crippen MR) is 96.4 cm³/mol. The molecule has 2 aromatic carbocycles. The highest BCUT2D eigenvalue weighted by atomic mass is 32.2. The molecule has 1 heterocycles. The number of para-hydroxylation sites is 2. The average molecular weight is 359 g/mol. The van der Waals surface area contributed by atoms with Crippen molar-refractivity contribution >= 4 is 38.9 Å². The van der Waals surface area contributed by atoms with Gasteiger partial charge in [0.15, 0.2) is 0 Å². The van der Waals surface area contributed by atoms with E-state index in [1.165, 1.54) is 4.90 Å². The van der Waals surface area contributed by atoms with Crippen LogP contribution < -0.4 is 14.9 Å². The number of nitrogens with one attached hydrogen (secondary N) is 2. The van der Waals surface area contributed by atoms with Crippen LogP contribution in [0.25, 0.3) is 0 Å². The van der Waals surface area contributed by atoms with Crippen LogP contribution in [-0.4, -0.2) is 33.0 Å². The number of amides is 2. The average Bonchev–Trinajstić information content (AvgIpc) is 2.54. The quantitative estimate of drug-likeness (QED) is 0.876. The van der Waals surface area contributed by atoms with Crippen molar-refractivity contribution in [3.8, 4) is 0 Å². The Kier molecular flexibility index (Phi) is 4.22. The van der Waals surface area contributed by atoms with E-state index in [1.54, 1.807) is 49.4 Å². The van der Waals surface area contributed by atoms with Gasteiger partial charge < -0.3 is 5.32 Å². The lowest BCUT2D eigenvalue weighted by Crippen LogP contribution is -2.42. The minimum absolute atomic E-state index is 0.0982. The van der Waals surface area contributed by atoms with Crippen LogP contribution in [0.15, 0.2) is 42.5 Å². The van der Waals surface area contributed by atoms with Gasteiger partial charge in [0, 0.05) is 5.56 Å². The summed E-state index contributed by atoms with van der Waals surface area (Å²) in [6.45, 7) is 1.57. The van der Waals surface area contributed by atoms with Crippen LogP contribution in [0, 0.1) is 6.92 Å². The number of anilines is 3. The summed E-state index contributed by atoms with van der Waals surface area (Å²) >= 11 is 0. The molecule has 2 N–H and O–H groups in total. The fraction of sp³-hybridized carbons (Fsp3) is 0.176. The maximum absolute atomic E-state index is 13.0. The SMILES string of the molecule is Cc1c(NS(C)(=O)=O)cccc1C(=O)N1CC(=O)Nc2ccccc21. The zero-order valence-corrected chi connectivity index (χ0v) is 14.6. The van der Waals surface area contributed by atoms with Crippen molar-refractivity contribution in [2.45, 2.75) is 6.92 Å². The monoisotopic (exact) mass is 359 g/mol. The Morgan fingerprint density at radius 3 is 2.60 bits per heavy atom. The van der Waals surface area contributed by atoms with E-state index < -0.39 is 10.0 Å². The molecule has 0 unspecified atom stereocenters. The summed E-state index contributed by atoms with van der Waals surface area (Å²) in [6.07, 6.45) is 1.05. The van der Waals surface area contributed by atoms with Crippen LogP contribution in [-0.2, 0) is 14.8 Å². The Balaban J connectivity index is 2.02. The highest BCUT2D eigenvalue weighted by Gasteiger charge is 2.28. The Labute approximate surface area is 145 Å². The number of hydrogen-bond acceptors (Lipinski definition) is 4. The number of benzene rings is 2. The highest BCUT2D eigenvalue weighted by molar-refractivity contribution is 7.92. The van der Waals surface area contributed by atoms with Crippen molar-refractivity contribution in [1.29, 1.82) is 0 Å². The zero-order chi connectivity index (χ0) is 18.2. The van der Waals surface area contributed by atoms with Crippen molar-refractivity contribution in [3.05, 3.63) is 53.6 Å². The van der Waals surface area contributed by atoms with E-state index in [1.807, 2.05) is 0 Å². The lowest BCUT2D eigenvalue weighted by Gasteiger charge is -2.29. The molecule has 2 aromatic rings. The number of carbonyl (C=O) groups is 2. The first-order valence-electron chi connectivity index (χ1n) is 7.54. The topological polar surface area (TPSA) is 95.6 Å². The normalized spacial score (nSPS) is 13.8. The fourth-order valence-corrected chi connectivity index (χ4v) is 3.36. The van der Waals surface area contributed by atoms with Crippen LogP contribution in [0.1, 0.15) is 15.9 Å². The number of hydrogen-bond donors (Lipinski definition) is 2. The van der Waals surface area contributed by atoms with Gasteiger partial charge in [0.05, 0.1) is 23.3 Å². The van der Waals surface area contributed by atoms with E-state index in [4.69, 9.17) is 0 Å². The lowest BCUT2D eigenvalue weighted by molar-refractivity contribution is -0.115. The fourth-order valence-electron chi connectivity index (χ4n) is 2.74. The number of rotatable bonds is 3. The molecule has 8 heteroatoms. The van der Waals surface area contributed by atoms with Crippen molar-refractivity contribution < 1.29 is 18.0 Å². The maximum atomic E-state index is 13.0. The second kappa shape index (κ2) is 6.21. The molecule has 7 nitrogen and oxygen atoms in total. The number of carbonyl (C=O) groups excluding carboxylic acids is 2. The summed E-state index contributed by atoms with van der Waals surface area (Å²) in [5.41, 5.74) is 2.34. The van der Waals surface area contributed by atoms with Gasteiger partial charge in [-0.05, 0) is 36.8 Å². The molecule has 0 saturated carbocycles. The van der Waals surface area contributed by atoms with Crippen molar-refractivity contribution in [3.63, 3.8) is 0 Å². The Bertz CT molecular complexity index is 970. The molecule has 0 saturated heterocycles. The lowest BCUT2D eigenvalue weighted by atomic mass is 10.0. The Hall–Kier alpha value is -2.87. The van der Waals surface area contributed by atoms with Crippen LogP contribution >= 0.6 is 0 Å². The third kappa shape index (κ3) is 3.48. The minimum atomic E-state index is -3.46. The molecule has 1 aliphatic heterocycles. The minimum Gasteiger partial charge on any atom is -0.323 e. The molecule has 25 heavy (non-hydrogen) atoms. The van der Waals surface area contributed by atoms with Gasteiger partial charge in [-0.2, -0.15) is 0 Å². The van der Waals surface area contributed by atoms with Crippen molar-refractivity contribution in [1.82, 2.24) is 0 Å². The third-order valence-electron chi connectivity index (χ3n) is 3.88. The van der Waals surface area contributed by atoms with E-state index in [2.05, 4.69) is 10.0 Å². The number of fused-ring (bicyclic) bond motifs is 1. The van der Waals surface area contributed by atoms with Gasteiger partial charge in [-0.15, -0.1) is 0 Å². The molecule has 0 radical (unpaired) electrons. The Morgan fingerprint density at radius 2 is 1.88 bits per heavy atom. The highest BCUT2D eigenvalue weighted by Crippen LogP contribution is 2.31. The van der Waals surface area contributed by atoms with Gasteiger partial charge in [-0.3, -0.25) is 19.2 Å². The molecule has 3 rings (SSSR count). The van der Waals surface area contributed by atoms with Gasteiger partial charge in [0.25, 0.3) is 5.91 Å². The molecule has 2 amide bonds. The Morgan fingerprint density at radius 1 is 1.16 bits per heavy atom. The molecule has 130 valence electrons. The van der Waals surface area contributed by atoms with E-state index in [9.17, 15) is 18.0 Å². The summed E-state index contributed by atoms with van der Waals surface area (Å²) in [6, 6.07) is 11.8. The first-order chi connectivity index (χ1) is 11.8. The van der Waals surface area contributed by atoms with Crippen LogP contribution in [0.3, 0.4) is 0 Å². The largest absolute Gasteiger partial charge is 0.323 e. The van der Waals surface area contributed by atoms with Gasteiger partial charge >= 0.3 is 0 Å². The van der Waals surface area contributed by atoms with Crippen LogP contribution in [0.2, 0.25) is 0 Å². The first-order valence-corrected chi connectivity index (χ1v) is 9.43. The van der Waals surface area contributed by atoms with E-state index in [0.717, 1.165) is 6.26 Å². The molecule has 0 aliphatic carbocycles. The molecule has 0 bridgehead atoms. The molecule has 0 atom stereocenters. The predicted octanol–water partition coefficient (Wildman–Crippen LogP) is 1.97. The van der Waals surface area contributed by atoms with Crippen LogP contribution in [0.5, 0.6) is 0 Å². The molecular formula is C17H17N3O4S. The van der Waals surface area contributed by atoms with Crippen LogP contribution in [0.4, 0.5) is 17.1 Å². The smallest absolute Gasteiger partial charge is 0.259 e. The zero-order valence-electron chi connectivity index (χ0n) is 13.7. The van der Waals surface area contributed by atoms with Gasteiger partial charge in [-0.25, -0.2) is 8.42 Å². The molecular weight excluding hydrogens is 342 g/mol. The van der Waals surface area contributed by atoms with E-state index in [0.29, 0.717) is 28.2 Å². The van der Waals surface area contributed by atoms with Gasteiger partial charge in [-0.1, -0.05) is 18.2 Å². The summed E-state index contributed by atoms with van der Waals surface area (Å²) in [7, 11) is -3.46. The molecule has 1 aliphatic rings. The third-order valence-corrected chi connectivity index (χ3v) is 4.47. The standard InChI is InChI=1S/C17H17N3O4S/c1-11-12(6-5-8-13(11)19-25(2,23)24)17(22)20-10-16(21)18-14-7-3-4-9-15(14)20/h3-9,19H,10H2,1-2H3,(H,18,21). The van der Waals surface area contributed by atoms with Crippen molar-refractivity contribution in [2.24, 2.45) is 0 Å². The summed E-state index contributed by atoms with van der Waals surface area (Å²) in [5.74, 6) is -0.646. The maximum Gasteiger partial charge on any atom is 0.259 e.